The molecule has 168 valence electrons. The number of rotatable bonds is 8. The predicted molar refractivity (Wildman–Crippen MR) is 114 cm³/mol. The lowest BCUT2D eigenvalue weighted by atomic mass is 10.1. The number of amides is 1. The van der Waals surface area contributed by atoms with E-state index in [2.05, 4.69) is 4.98 Å². The van der Waals surface area contributed by atoms with Gasteiger partial charge in [0, 0.05) is 38.6 Å². The third-order valence-corrected chi connectivity index (χ3v) is 4.80. The number of oxazole rings is 1. The highest BCUT2D eigenvalue weighted by Gasteiger charge is 2.23. The van der Waals surface area contributed by atoms with Gasteiger partial charge >= 0.3 is 0 Å². The number of benzene rings is 1. The Balaban J connectivity index is 0.00000225. The van der Waals surface area contributed by atoms with Crippen molar-refractivity contribution in [3.05, 3.63) is 41.9 Å². The van der Waals surface area contributed by atoms with Crippen molar-refractivity contribution in [1.82, 2.24) is 9.88 Å². The number of hydrogen-bond donors (Lipinski definition) is 1. The van der Waals surface area contributed by atoms with Crippen molar-refractivity contribution in [2.75, 3.05) is 26.2 Å². The zero-order chi connectivity index (χ0) is 19.9. The number of aryl methyl sites for hydroxylation is 1. The Kier molecular flexibility index (Phi) is 11.3. The van der Waals surface area contributed by atoms with E-state index in [1.165, 1.54) is 12.3 Å². The van der Waals surface area contributed by atoms with Crippen LogP contribution >= 0.6 is 24.8 Å². The minimum Gasteiger partial charge on any atom is -0.441 e. The number of ether oxygens (including phenoxy) is 1. The molecular formula is C20H27Cl2F2N3O3. The third-order valence-electron chi connectivity index (χ3n) is 4.80. The number of nitrogens with two attached hydrogens (primary N) is 1. The maximum atomic E-state index is 13.8. The molecule has 0 atom stereocenters. The first kappa shape index (κ1) is 26.3. The van der Waals surface area contributed by atoms with Crippen LogP contribution in [0.4, 0.5) is 8.78 Å². The number of likely N-dealkylation sites (tertiary alicyclic amines) is 1. The molecule has 0 aliphatic carbocycles. The molecule has 1 aliphatic rings. The molecule has 10 heteroatoms. The molecule has 1 aromatic heterocycles. The van der Waals surface area contributed by atoms with Crippen LogP contribution in [0.25, 0.3) is 11.3 Å². The summed E-state index contributed by atoms with van der Waals surface area (Å²) >= 11 is 0. The van der Waals surface area contributed by atoms with Gasteiger partial charge in [-0.05, 0) is 37.9 Å². The van der Waals surface area contributed by atoms with E-state index in [1.807, 2.05) is 4.90 Å². The van der Waals surface area contributed by atoms with Gasteiger partial charge in [-0.25, -0.2) is 13.8 Å². The Labute approximate surface area is 187 Å². The van der Waals surface area contributed by atoms with Crippen LogP contribution in [-0.4, -0.2) is 48.1 Å². The van der Waals surface area contributed by atoms with E-state index in [4.69, 9.17) is 14.9 Å². The lowest BCUT2D eigenvalue weighted by Crippen LogP contribution is -2.41. The Morgan fingerprint density at radius 2 is 2.00 bits per heavy atom. The topological polar surface area (TPSA) is 81.6 Å². The van der Waals surface area contributed by atoms with Gasteiger partial charge in [-0.3, -0.25) is 4.79 Å². The van der Waals surface area contributed by atoms with Crippen LogP contribution in [0.1, 0.15) is 31.6 Å². The van der Waals surface area contributed by atoms with Crippen LogP contribution < -0.4 is 5.73 Å². The molecule has 0 unspecified atom stereocenters. The fourth-order valence-corrected chi connectivity index (χ4v) is 3.22. The molecule has 2 aromatic rings. The Morgan fingerprint density at radius 1 is 1.27 bits per heavy atom. The fraction of sp³-hybridized carbons (Fsp3) is 0.500. The highest BCUT2D eigenvalue weighted by Crippen LogP contribution is 2.25. The van der Waals surface area contributed by atoms with Crippen LogP contribution in [0, 0.1) is 11.6 Å². The Morgan fingerprint density at radius 3 is 2.67 bits per heavy atom. The number of hydrogen-bond acceptors (Lipinski definition) is 5. The lowest BCUT2D eigenvalue weighted by molar-refractivity contribution is -0.133. The van der Waals surface area contributed by atoms with Crippen molar-refractivity contribution >= 4 is 30.7 Å². The Hall–Kier alpha value is -1.74. The lowest BCUT2D eigenvalue weighted by Gasteiger charge is -2.32. The third kappa shape index (κ3) is 7.19. The van der Waals surface area contributed by atoms with E-state index in [0.29, 0.717) is 38.6 Å². The molecule has 1 aliphatic heterocycles. The molecule has 0 radical (unpaired) electrons. The molecule has 30 heavy (non-hydrogen) atoms. The van der Waals surface area contributed by atoms with Crippen LogP contribution in [0.5, 0.6) is 0 Å². The molecule has 0 saturated carbocycles. The van der Waals surface area contributed by atoms with Gasteiger partial charge in [0.2, 0.25) is 5.91 Å². The molecule has 1 saturated heterocycles. The maximum absolute atomic E-state index is 13.8. The minimum absolute atomic E-state index is 0. The van der Waals surface area contributed by atoms with E-state index in [0.717, 1.165) is 31.4 Å². The van der Waals surface area contributed by atoms with Crippen LogP contribution in [0.2, 0.25) is 0 Å². The number of carbonyl (C=O) groups is 1. The van der Waals surface area contributed by atoms with E-state index in [9.17, 15) is 13.6 Å². The van der Waals surface area contributed by atoms with Gasteiger partial charge in [-0.2, -0.15) is 0 Å². The maximum Gasteiger partial charge on any atom is 0.223 e. The highest BCUT2D eigenvalue weighted by atomic mass is 35.5. The van der Waals surface area contributed by atoms with Crippen molar-refractivity contribution < 1.29 is 22.7 Å². The molecular weight excluding hydrogens is 439 g/mol. The van der Waals surface area contributed by atoms with Gasteiger partial charge in [-0.1, -0.05) is 0 Å². The van der Waals surface area contributed by atoms with Crippen LogP contribution in [0.3, 0.4) is 0 Å². The van der Waals surface area contributed by atoms with Crippen LogP contribution in [0.15, 0.2) is 28.8 Å². The van der Waals surface area contributed by atoms with Crippen LogP contribution in [-0.2, 0) is 16.0 Å². The Bertz CT molecular complexity index is 799. The molecule has 1 amide bonds. The molecule has 2 N–H and O–H groups in total. The monoisotopic (exact) mass is 465 g/mol. The highest BCUT2D eigenvalue weighted by molar-refractivity contribution is 5.85. The quantitative estimate of drug-likeness (QED) is 0.600. The minimum atomic E-state index is -0.713. The van der Waals surface area contributed by atoms with Gasteiger partial charge < -0.3 is 19.8 Å². The molecule has 1 fully saturated rings. The molecule has 3 rings (SSSR count). The largest absolute Gasteiger partial charge is 0.441 e. The first-order valence-electron chi connectivity index (χ1n) is 9.56. The predicted octanol–water partition coefficient (Wildman–Crippen LogP) is 3.75. The van der Waals surface area contributed by atoms with E-state index in [-0.39, 0.29) is 54.6 Å². The standard InChI is InChI=1S/C20H25F2N3O3.2ClH/c21-14-2-3-16(17(22)12-14)18-13-24-19(28-18)4-5-20(26)25-9-6-15(7-10-25)27-11-1-8-23;;/h2-3,12-13,15H,1,4-11,23H2;2*1H. The summed E-state index contributed by atoms with van der Waals surface area (Å²) in [6, 6.07) is 3.26. The summed E-state index contributed by atoms with van der Waals surface area (Å²) in [6.07, 6.45) is 4.67. The summed E-state index contributed by atoms with van der Waals surface area (Å²) in [4.78, 5) is 18.3. The second kappa shape index (κ2) is 12.8. The van der Waals surface area contributed by atoms with Crippen molar-refractivity contribution in [2.24, 2.45) is 5.73 Å². The second-order valence-corrected chi connectivity index (χ2v) is 6.84. The number of halogens is 4. The summed E-state index contributed by atoms with van der Waals surface area (Å²) in [5.41, 5.74) is 5.60. The summed E-state index contributed by atoms with van der Waals surface area (Å²) in [7, 11) is 0. The van der Waals surface area contributed by atoms with E-state index in [1.54, 1.807) is 0 Å². The molecule has 0 spiro atoms. The second-order valence-electron chi connectivity index (χ2n) is 6.84. The molecule has 2 heterocycles. The van der Waals surface area contributed by atoms with E-state index < -0.39 is 11.6 Å². The SMILES string of the molecule is Cl.Cl.NCCCOC1CCN(C(=O)CCc2ncc(-c3ccc(F)cc3F)o2)CC1. The first-order valence-corrected chi connectivity index (χ1v) is 9.56. The number of piperidine rings is 1. The molecule has 6 nitrogen and oxygen atoms in total. The number of aromatic nitrogens is 1. The zero-order valence-corrected chi connectivity index (χ0v) is 18.2. The number of nitrogens with zero attached hydrogens (tertiary/aromatic N) is 2. The van der Waals surface area contributed by atoms with Crippen molar-refractivity contribution in [1.29, 1.82) is 0 Å². The van der Waals surface area contributed by atoms with Gasteiger partial charge in [0.25, 0.3) is 0 Å². The van der Waals surface area contributed by atoms with Gasteiger partial charge in [-0.15, -0.1) is 24.8 Å². The van der Waals surface area contributed by atoms with Crippen molar-refractivity contribution in [2.45, 2.75) is 38.2 Å². The van der Waals surface area contributed by atoms with Gasteiger partial charge in [0.1, 0.15) is 11.6 Å². The van der Waals surface area contributed by atoms with Crippen molar-refractivity contribution in [3.63, 3.8) is 0 Å². The average molecular weight is 466 g/mol. The summed E-state index contributed by atoms with van der Waals surface area (Å²) in [5.74, 6) is -0.758. The summed E-state index contributed by atoms with van der Waals surface area (Å²) in [5, 5.41) is 0. The van der Waals surface area contributed by atoms with E-state index >= 15 is 0 Å². The number of carbonyl (C=O) groups excluding carboxylic acids is 1. The normalized spacial score (nSPS) is 14.2. The van der Waals surface area contributed by atoms with Gasteiger partial charge in [0.15, 0.2) is 11.7 Å². The molecule has 0 bridgehead atoms. The summed E-state index contributed by atoms with van der Waals surface area (Å²) < 4.78 is 38.1. The first-order chi connectivity index (χ1) is 13.6. The molecule has 1 aromatic carbocycles. The summed E-state index contributed by atoms with van der Waals surface area (Å²) in [6.45, 7) is 2.62. The average Bonchev–Trinajstić information content (AvgIpc) is 3.15. The smallest absolute Gasteiger partial charge is 0.223 e. The van der Waals surface area contributed by atoms with Crippen molar-refractivity contribution in [3.8, 4) is 11.3 Å². The van der Waals surface area contributed by atoms with Gasteiger partial charge in [0.05, 0.1) is 17.9 Å². The fourth-order valence-electron chi connectivity index (χ4n) is 3.22. The zero-order valence-electron chi connectivity index (χ0n) is 16.5.